The lowest BCUT2D eigenvalue weighted by Crippen LogP contribution is -2.06. The molecule has 1 radical (unpaired) electrons. The van der Waals surface area contributed by atoms with Crippen LogP contribution < -0.4 is 0 Å². The summed E-state index contributed by atoms with van der Waals surface area (Å²) in [4.78, 5) is 0. The van der Waals surface area contributed by atoms with Crippen molar-refractivity contribution < 1.29 is 0 Å². The fraction of sp³-hybridized carbons (Fsp3) is 0.118. The van der Waals surface area contributed by atoms with Crippen molar-refractivity contribution in [3.8, 4) is 16.9 Å². The fourth-order valence-electron chi connectivity index (χ4n) is 2.78. The monoisotopic (exact) mass is 245 g/mol. The van der Waals surface area contributed by atoms with E-state index in [1.807, 2.05) is 22.9 Å². The molecule has 0 unspecified atom stereocenters. The predicted octanol–water partition coefficient (Wildman–Crippen LogP) is 3.44. The number of nitrogens with zero attached hydrogens (tertiary/aromatic N) is 2. The molecule has 3 aromatic rings. The molecule has 91 valence electrons. The molecule has 0 fully saturated rings. The van der Waals surface area contributed by atoms with E-state index in [0.29, 0.717) is 0 Å². The van der Waals surface area contributed by atoms with Gasteiger partial charge in [-0.2, -0.15) is 5.10 Å². The molecule has 1 aromatic heterocycles. The standard InChI is InChI=1S/C17H13N2/c1-2-7-15(8-3-1)19-17-14(12-18-19)11-10-13-6-4-5-9-16(13)17/h1-9H,10-11H2. The molecule has 1 aliphatic carbocycles. The SMILES string of the molecule is [c]1nn(-c2ccccc2)c2c1CCc1ccccc1-2. The Morgan fingerprint density at radius 2 is 1.68 bits per heavy atom. The zero-order chi connectivity index (χ0) is 12.7. The number of aromatic nitrogens is 2. The minimum Gasteiger partial charge on any atom is -0.232 e. The lowest BCUT2D eigenvalue weighted by Gasteiger charge is -2.18. The van der Waals surface area contributed by atoms with Crippen molar-refractivity contribution in [2.75, 3.05) is 0 Å². The van der Waals surface area contributed by atoms with Crippen LogP contribution in [0.25, 0.3) is 16.9 Å². The summed E-state index contributed by atoms with van der Waals surface area (Å²) in [5.41, 5.74) is 6.22. The lowest BCUT2D eigenvalue weighted by atomic mass is 9.90. The van der Waals surface area contributed by atoms with E-state index >= 15 is 0 Å². The minimum absolute atomic E-state index is 1.03. The van der Waals surface area contributed by atoms with Crippen molar-refractivity contribution in [3.05, 3.63) is 71.9 Å². The van der Waals surface area contributed by atoms with Crippen LogP contribution in [0.4, 0.5) is 0 Å². The Morgan fingerprint density at radius 1 is 0.895 bits per heavy atom. The van der Waals surface area contributed by atoms with Crippen molar-refractivity contribution >= 4 is 0 Å². The second-order valence-corrected chi connectivity index (χ2v) is 4.84. The molecule has 4 rings (SSSR count). The van der Waals surface area contributed by atoms with Crippen molar-refractivity contribution in [1.82, 2.24) is 9.78 Å². The Balaban J connectivity index is 1.97. The highest BCUT2D eigenvalue weighted by Crippen LogP contribution is 2.34. The Kier molecular flexibility index (Phi) is 2.27. The van der Waals surface area contributed by atoms with Crippen LogP contribution in [0.2, 0.25) is 0 Å². The topological polar surface area (TPSA) is 17.8 Å². The highest BCUT2D eigenvalue weighted by molar-refractivity contribution is 5.71. The summed E-state index contributed by atoms with van der Waals surface area (Å²) in [6.45, 7) is 0. The van der Waals surface area contributed by atoms with Crippen LogP contribution in [0.5, 0.6) is 0 Å². The molecule has 0 amide bonds. The first-order chi connectivity index (χ1) is 9.43. The maximum atomic E-state index is 4.46. The van der Waals surface area contributed by atoms with E-state index < -0.39 is 0 Å². The van der Waals surface area contributed by atoms with Gasteiger partial charge in [0.15, 0.2) is 0 Å². The molecular weight excluding hydrogens is 232 g/mol. The maximum Gasteiger partial charge on any atom is 0.117 e. The van der Waals surface area contributed by atoms with E-state index in [-0.39, 0.29) is 0 Å². The normalized spacial score (nSPS) is 12.8. The van der Waals surface area contributed by atoms with Crippen LogP contribution >= 0.6 is 0 Å². The molecule has 2 aromatic carbocycles. The van der Waals surface area contributed by atoms with Gasteiger partial charge >= 0.3 is 0 Å². The zero-order valence-corrected chi connectivity index (χ0v) is 10.5. The lowest BCUT2D eigenvalue weighted by molar-refractivity contribution is 0.874. The molecule has 1 aliphatic rings. The first kappa shape index (κ1) is 10.6. The first-order valence-corrected chi connectivity index (χ1v) is 6.57. The summed E-state index contributed by atoms with van der Waals surface area (Å²) in [5.74, 6) is 0. The molecule has 1 heterocycles. The highest BCUT2D eigenvalue weighted by atomic mass is 15.3. The van der Waals surface area contributed by atoms with Gasteiger partial charge in [0, 0.05) is 11.1 Å². The van der Waals surface area contributed by atoms with E-state index in [1.165, 1.54) is 22.4 Å². The summed E-state index contributed by atoms with van der Waals surface area (Å²) in [5, 5.41) is 4.46. The predicted molar refractivity (Wildman–Crippen MR) is 75.2 cm³/mol. The summed E-state index contributed by atoms with van der Waals surface area (Å²) >= 11 is 0. The van der Waals surface area contributed by atoms with Crippen LogP contribution in [0, 0.1) is 6.20 Å². The van der Waals surface area contributed by atoms with Gasteiger partial charge in [-0.25, -0.2) is 4.68 Å². The number of hydrogen-bond donors (Lipinski definition) is 0. The Labute approximate surface area is 112 Å². The summed E-state index contributed by atoms with van der Waals surface area (Å²) in [6, 6.07) is 18.9. The van der Waals surface area contributed by atoms with E-state index in [1.54, 1.807) is 0 Å². The Bertz CT molecular complexity index is 726. The van der Waals surface area contributed by atoms with Crippen LogP contribution in [0.15, 0.2) is 54.6 Å². The first-order valence-electron chi connectivity index (χ1n) is 6.57. The molecule has 0 saturated carbocycles. The van der Waals surface area contributed by atoms with Gasteiger partial charge in [0.2, 0.25) is 0 Å². The number of hydrogen-bond acceptors (Lipinski definition) is 1. The van der Waals surface area contributed by atoms with E-state index in [4.69, 9.17) is 0 Å². The molecule has 2 heteroatoms. The van der Waals surface area contributed by atoms with Gasteiger partial charge in [-0.05, 0) is 30.5 Å². The molecular formula is C17H13N2. The van der Waals surface area contributed by atoms with Crippen molar-refractivity contribution in [2.45, 2.75) is 12.8 Å². The molecule has 0 spiro atoms. The van der Waals surface area contributed by atoms with Gasteiger partial charge in [0.1, 0.15) is 6.20 Å². The van der Waals surface area contributed by atoms with Crippen LogP contribution in [0.1, 0.15) is 11.1 Å². The number of rotatable bonds is 1. The van der Waals surface area contributed by atoms with Crippen LogP contribution in [-0.4, -0.2) is 9.78 Å². The third kappa shape index (κ3) is 1.60. The number of para-hydroxylation sites is 1. The third-order valence-corrected chi connectivity index (χ3v) is 3.70. The van der Waals surface area contributed by atoms with E-state index in [9.17, 15) is 0 Å². The van der Waals surface area contributed by atoms with Crippen molar-refractivity contribution in [3.63, 3.8) is 0 Å². The average molecular weight is 245 g/mol. The number of benzene rings is 2. The maximum absolute atomic E-state index is 4.46. The second kappa shape index (κ2) is 4.09. The quantitative estimate of drug-likeness (QED) is 0.642. The largest absolute Gasteiger partial charge is 0.232 e. The van der Waals surface area contributed by atoms with Crippen LogP contribution in [-0.2, 0) is 12.8 Å². The molecule has 0 aliphatic heterocycles. The third-order valence-electron chi connectivity index (χ3n) is 3.70. The molecule has 0 saturated heterocycles. The van der Waals surface area contributed by atoms with Gasteiger partial charge < -0.3 is 0 Å². The molecule has 2 nitrogen and oxygen atoms in total. The Hall–Kier alpha value is -2.35. The summed E-state index contributed by atoms with van der Waals surface area (Å²) in [6.07, 6.45) is 5.29. The van der Waals surface area contributed by atoms with Crippen LogP contribution in [0.3, 0.4) is 0 Å². The highest BCUT2D eigenvalue weighted by Gasteiger charge is 2.21. The zero-order valence-electron chi connectivity index (χ0n) is 10.5. The molecule has 0 bridgehead atoms. The van der Waals surface area contributed by atoms with Crippen molar-refractivity contribution in [1.29, 1.82) is 0 Å². The minimum atomic E-state index is 1.03. The molecule has 0 N–H and O–H groups in total. The van der Waals surface area contributed by atoms with Gasteiger partial charge in [-0.3, -0.25) is 0 Å². The molecule has 19 heavy (non-hydrogen) atoms. The fourth-order valence-corrected chi connectivity index (χ4v) is 2.78. The summed E-state index contributed by atoms with van der Waals surface area (Å²) in [7, 11) is 0. The number of fused-ring (bicyclic) bond motifs is 3. The van der Waals surface area contributed by atoms with E-state index in [0.717, 1.165) is 18.5 Å². The molecule has 0 atom stereocenters. The second-order valence-electron chi connectivity index (χ2n) is 4.84. The van der Waals surface area contributed by atoms with Gasteiger partial charge in [-0.1, -0.05) is 42.5 Å². The Morgan fingerprint density at radius 3 is 2.58 bits per heavy atom. The summed E-state index contributed by atoms with van der Waals surface area (Å²) < 4.78 is 2.01. The average Bonchev–Trinajstić information content (AvgIpc) is 2.92. The van der Waals surface area contributed by atoms with E-state index in [2.05, 4.69) is 47.7 Å². The van der Waals surface area contributed by atoms with Gasteiger partial charge in [0.05, 0.1) is 11.4 Å². The smallest absolute Gasteiger partial charge is 0.117 e. The van der Waals surface area contributed by atoms with Gasteiger partial charge in [-0.15, -0.1) is 0 Å². The van der Waals surface area contributed by atoms with Gasteiger partial charge in [0.25, 0.3) is 0 Å². The van der Waals surface area contributed by atoms with Crippen molar-refractivity contribution in [2.24, 2.45) is 0 Å². The number of aryl methyl sites for hydroxylation is 2.